The number of amides is 4. The number of nitrogens with one attached hydrogen (secondary N) is 2. The van der Waals surface area contributed by atoms with Crippen LogP contribution in [0.4, 0.5) is 4.79 Å². The standard InChI is InChI=1S/C27H44N4O5/c1-9-10-11-16-29-23(33)22(19-14-12-18(2)13-15-19)31(26(3,4)5)24(34)20(17-21(28)32)30-25(35)36-27(6,7)8/h12-15,20,22H,9-11,16-17H2,1-8H3,(H2,28,32)(H,29,33)(H,30,35). The average Bonchev–Trinajstić information content (AvgIpc) is 2.72. The fourth-order valence-corrected chi connectivity index (χ4v) is 3.71. The quantitative estimate of drug-likeness (QED) is 0.395. The van der Waals surface area contributed by atoms with Crippen LogP contribution in [0.3, 0.4) is 0 Å². The lowest BCUT2D eigenvalue weighted by atomic mass is 9.94. The van der Waals surface area contributed by atoms with Crippen LogP contribution in [0.1, 0.15) is 91.3 Å². The molecule has 0 aliphatic heterocycles. The smallest absolute Gasteiger partial charge is 0.408 e. The highest BCUT2D eigenvalue weighted by Gasteiger charge is 2.42. The van der Waals surface area contributed by atoms with Gasteiger partial charge in [0.25, 0.3) is 0 Å². The van der Waals surface area contributed by atoms with Crippen LogP contribution in [0.25, 0.3) is 0 Å². The third-order valence-corrected chi connectivity index (χ3v) is 5.33. The molecule has 0 aromatic heterocycles. The zero-order valence-electron chi connectivity index (χ0n) is 23.1. The first-order valence-corrected chi connectivity index (χ1v) is 12.5. The second-order valence-electron chi connectivity index (χ2n) is 11.1. The van der Waals surface area contributed by atoms with E-state index in [9.17, 15) is 19.2 Å². The van der Waals surface area contributed by atoms with Crippen molar-refractivity contribution in [3.05, 3.63) is 35.4 Å². The van der Waals surface area contributed by atoms with E-state index < -0.39 is 47.6 Å². The van der Waals surface area contributed by atoms with Gasteiger partial charge in [-0.25, -0.2) is 4.79 Å². The minimum absolute atomic E-state index is 0.340. The van der Waals surface area contributed by atoms with Gasteiger partial charge in [-0.2, -0.15) is 0 Å². The van der Waals surface area contributed by atoms with Crippen molar-refractivity contribution < 1.29 is 23.9 Å². The lowest BCUT2D eigenvalue weighted by Crippen LogP contribution is -2.59. The maximum atomic E-state index is 14.0. The minimum atomic E-state index is -1.31. The molecule has 0 radical (unpaired) electrons. The summed E-state index contributed by atoms with van der Waals surface area (Å²) in [4.78, 5) is 53.3. The molecule has 0 heterocycles. The number of hydrogen-bond acceptors (Lipinski definition) is 5. The molecule has 2 unspecified atom stereocenters. The van der Waals surface area contributed by atoms with E-state index in [0.29, 0.717) is 12.1 Å². The number of benzene rings is 1. The first-order valence-electron chi connectivity index (χ1n) is 12.5. The third-order valence-electron chi connectivity index (χ3n) is 5.33. The molecule has 1 rings (SSSR count). The number of aryl methyl sites for hydroxylation is 1. The number of carbonyl (C=O) groups is 4. The molecular formula is C27H44N4O5. The number of ether oxygens (including phenoxy) is 1. The van der Waals surface area contributed by atoms with Crippen LogP contribution in [0.2, 0.25) is 0 Å². The number of primary amides is 1. The minimum Gasteiger partial charge on any atom is -0.444 e. The van der Waals surface area contributed by atoms with E-state index in [0.717, 1.165) is 24.8 Å². The van der Waals surface area contributed by atoms with E-state index in [4.69, 9.17) is 10.5 Å². The van der Waals surface area contributed by atoms with Crippen molar-refractivity contribution in [3.8, 4) is 0 Å². The molecule has 0 saturated carbocycles. The van der Waals surface area contributed by atoms with E-state index in [1.807, 2.05) is 31.2 Å². The van der Waals surface area contributed by atoms with Crippen molar-refractivity contribution in [2.75, 3.05) is 6.54 Å². The van der Waals surface area contributed by atoms with E-state index in [1.165, 1.54) is 4.90 Å². The predicted octanol–water partition coefficient (Wildman–Crippen LogP) is 3.74. The van der Waals surface area contributed by atoms with Gasteiger partial charge in [-0.3, -0.25) is 14.4 Å². The first-order chi connectivity index (χ1) is 16.6. The normalized spacial score (nSPS) is 13.3. The van der Waals surface area contributed by atoms with Crippen molar-refractivity contribution in [2.45, 2.75) is 104 Å². The molecule has 0 aliphatic rings. The van der Waals surface area contributed by atoms with Gasteiger partial charge >= 0.3 is 6.09 Å². The van der Waals surface area contributed by atoms with Crippen LogP contribution >= 0.6 is 0 Å². The van der Waals surface area contributed by atoms with Gasteiger partial charge in [-0.15, -0.1) is 0 Å². The topological polar surface area (TPSA) is 131 Å². The molecule has 1 aromatic rings. The van der Waals surface area contributed by atoms with Gasteiger partial charge in [0, 0.05) is 12.1 Å². The second-order valence-corrected chi connectivity index (χ2v) is 11.1. The lowest BCUT2D eigenvalue weighted by molar-refractivity contribution is -0.149. The summed E-state index contributed by atoms with van der Waals surface area (Å²) in [5.41, 5.74) is 5.39. The predicted molar refractivity (Wildman–Crippen MR) is 140 cm³/mol. The number of rotatable bonds is 11. The summed E-state index contributed by atoms with van der Waals surface area (Å²) in [5.74, 6) is -1.72. The Morgan fingerprint density at radius 3 is 2.06 bits per heavy atom. The molecule has 0 bridgehead atoms. The lowest BCUT2D eigenvalue weighted by Gasteiger charge is -2.43. The summed E-state index contributed by atoms with van der Waals surface area (Å²) in [6.07, 6.45) is 1.50. The van der Waals surface area contributed by atoms with Crippen LogP contribution < -0.4 is 16.4 Å². The molecule has 2 atom stereocenters. The van der Waals surface area contributed by atoms with Crippen molar-refractivity contribution >= 4 is 23.8 Å². The second kappa shape index (κ2) is 13.3. The number of carbonyl (C=O) groups excluding carboxylic acids is 4. The third kappa shape index (κ3) is 10.3. The highest BCUT2D eigenvalue weighted by molar-refractivity contribution is 5.95. The highest BCUT2D eigenvalue weighted by atomic mass is 16.6. The molecule has 9 nitrogen and oxygen atoms in total. The van der Waals surface area contributed by atoms with Crippen molar-refractivity contribution in [3.63, 3.8) is 0 Å². The molecule has 0 aliphatic carbocycles. The molecule has 9 heteroatoms. The zero-order chi connectivity index (χ0) is 27.7. The van der Waals surface area contributed by atoms with E-state index in [-0.39, 0.29) is 5.91 Å². The molecule has 4 N–H and O–H groups in total. The first kappa shape index (κ1) is 30.9. The Balaban J connectivity index is 3.48. The molecule has 0 spiro atoms. The van der Waals surface area contributed by atoms with E-state index in [2.05, 4.69) is 17.6 Å². The van der Waals surface area contributed by atoms with Crippen LogP contribution in [-0.4, -0.2) is 52.4 Å². The molecule has 0 saturated heterocycles. The van der Waals surface area contributed by atoms with Crippen LogP contribution in [-0.2, 0) is 19.1 Å². The zero-order valence-corrected chi connectivity index (χ0v) is 23.1. The number of hydrogen-bond donors (Lipinski definition) is 3. The summed E-state index contributed by atoms with van der Waals surface area (Å²) in [6, 6.07) is 5.06. The highest BCUT2D eigenvalue weighted by Crippen LogP contribution is 2.30. The Hall–Kier alpha value is -3.10. The molecule has 1 aromatic carbocycles. The summed E-state index contributed by atoms with van der Waals surface area (Å²) >= 11 is 0. The fourth-order valence-electron chi connectivity index (χ4n) is 3.71. The molecule has 202 valence electrons. The van der Waals surface area contributed by atoms with Crippen LogP contribution in [0, 0.1) is 6.92 Å². The molecular weight excluding hydrogens is 460 g/mol. The molecule has 36 heavy (non-hydrogen) atoms. The van der Waals surface area contributed by atoms with Gasteiger partial charge in [0.15, 0.2) is 0 Å². The van der Waals surface area contributed by atoms with Crippen molar-refractivity contribution in [1.82, 2.24) is 15.5 Å². The summed E-state index contributed by atoms with van der Waals surface area (Å²) in [7, 11) is 0. The van der Waals surface area contributed by atoms with Crippen LogP contribution in [0.15, 0.2) is 24.3 Å². The summed E-state index contributed by atoms with van der Waals surface area (Å²) in [5, 5.41) is 5.44. The summed E-state index contributed by atoms with van der Waals surface area (Å²) < 4.78 is 5.29. The van der Waals surface area contributed by atoms with Crippen LogP contribution in [0.5, 0.6) is 0 Å². The van der Waals surface area contributed by atoms with Gasteiger partial charge in [0.05, 0.1) is 6.42 Å². The van der Waals surface area contributed by atoms with Gasteiger partial charge in [-0.1, -0.05) is 49.6 Å². The van der Waals surface area contributed by atoms with E-state index in [1.54, 1.807) is 41.5 Å². The monoisotopic (exact) mass is 504 g/mol. The average molecular weight is 505 g/mol. The maximum Gasteiger partial charge on any atom is 0.408 e. The van der Waals surface area contributed by atoms with Crippen molar-refractivity contribution in [2.24, 2.45) is 5.73 Å². The Kier molecular flexibility index (Phi) is 11.4. The summed E-state index contributed by atoms with van der Waals surface area (Å²) in [6.45, 7) is 14.9. The van der Waals surface area contributed by atoms with Gasteiger partial charge in [-0.05, 0) is 60.5 Å². The number of nitrogens with two attached hydrogens (primary N) is 1. The van der Waals surface area contributed by atoms with Gasteiger partial charge < -0.3 is 26.0 Å². The van der Waals surface area contributed by atoms with E-state index >= 15 is 0 Å². The Morgan fingerprint density at radius 1 is 1.00 bits per heavy atom. The van der Waals surface area contributed by atoms with Crippen molar-refractivity contribution in [1.29, 1.82) is 0 Å². The molecule has 4 amide bonds. The Bertz CT molecular complexity index is 900. The van der Waals surface area contributed by atoms with Gasteiger partial charge in [0.2, 0.25) is 17.7 Å². The fraction of sp³-hybridized carbons (Fsp3) is 0.630. The largest absolute Gasteiger partial charge is 0.444 e. The SMILES string of the molecule is CCCCCNC(=O)C(c1ccc(C)cc1)N(C(=O)C(CC(N)=O)NC(=O)OC(C)(C)C)C(C)(C)C. The number of unbranched alkanes of at least 4 members (excludes halogenated alkanes) is 2. The number of alkyl carbamates (subject to hydrolysis) is 1. The number of nitrogens with zero attached hydrogens (tertiary/aromatic N) is 1. The Morgan fingerprint density at radius 2 is 1.58 bits per heavy atom. The maximum absolute atomic E-state index is 14.0. The van der Waals surface area contributed by atoms with Gasteiger partial charge in [0.1, 0.15) is 17.7 Å². The molecule has 0 fully saturated rings. The Labute approximate surface area is 215 Å².